The zero-order chi connectivity index (χ0) is 14.6. The summed E-state index contributed by atoms with van der Waals surface area (Å²) >= 11 is 1.76. The maximum atomic E-state index is 6.07. The van der Waals surface area contributed by atoms with E-state index in [1.165, 1.54) is 0 Å². The summed E-state index contributed by atoms with van der Waals surface area (Å²) in [4.78, 5) is 4.50. The molecule has 2 rings (SSSR count). The van der Waals surface area contributed by atoms with Crippen molar-refractivity contribution in [1.29, 1.82) is 0 Å². The predicted molar refractivity (Wildman–Crippen MR) is 82.8 cm³/mol. The third kappa shape index (κ3) is 3.22. The van der Waals surface area contributed by atoms with Gasteiger partial charge in [-0.05, 0) is 37.8 Å². The summed E-state index contributed by atoms with van der Waals surface area (Å²) in [7, 11) is 0. The molecule has 0 aliphatic heterocycles. The van der Waals surface area contributed by atoms with Gasteiger partial charge < -0.3 is 10.3 Å². The molecule has 20 heavy (non-hydrogen) atoms. The lowest BCUT2D eigenvalue weighted by Crippen LogP contribution is -2.21. The van der Waals surface area contributed by atoms with Crippen molar-refractivity contribution >= 4 is 11.8 Å². The highest BCUT2D eigenvalue weighted by Gasteiger charge is 2.29. The van der Waals surface area contributed by atoms with Crippen LogP contribution in [0.5, 0.6) is 0 Å². The monoisotopic (exact) mass is 291 g/mol. The van der Waals surface area contributed by atoms with E-state index in [0.29, 0.717) is 11.7 Å². The van der Waals surface area contributed by atoms with Crippen LogP contribution in [0.3, 0.4) is 0 Å². The van der Waals surface area contributed by atoms with Crippen LogP contribution in [0, 0.1) is 0 Å². The van der Waals surface area contributed by atoms with Crippen LogP contribution in [0.25, 0.3) is 0 Å². The molecule has 1 atom stereocenters. The molecule has 0 unspecified atom stereocenters. The lowest BCUT2D eigenvalue weighted by Gasteiger charge is -2.20. The molecule has 2 aromatic rings. The molecule has 0 aliphatic carbocycles. The van der Waals surface area contributed by atoms with Gasteiger partial charge in [-0.3, -0.25) is 0 Å². The predicted octanol–water partition coefficient (Wildman–Crippen LogP) is 3.15. The number of benzene rings is 1. The van der Waals surface area contributed by atoms with Gasteiger partial charge >= 0.3 is 0 Å². The minimum absolute atomic E-state index is 0.185. The molecule has 0 spiro atoms. The van der Waals surface area contributed by atoms with Gasteiger partial charge in [-0.2, -0.15) is 16.7 Å². The first-order valence-electron chi connectivity index (χ1n) is 6.70. The van der Waals surface area contributed by atoms with Gasteiger partial charge in [0.2, 0.25) is 5.89 Å². The van der Waals surface area contributed by atoms with Crippen LogP contribution in [0.4, 0.5) is 0 Å². The highest BCUT2D eigenvalue weighted by atomic mass is 32.2. The normalized spacial score (nSPS) is 13.4. The van der Waals surface area contributed by atoms with E-state index < -0.39 is 0 Å². The number of rotatable bonds is 6. The van der Waals surface area contributed by atoms with E-state index in [0.717, 1.165) is 17.7 Å². The van der Waals surface area contributed by atoms with Crippen LogP contribution in [0.15, 0.2) is 34.9 Å². The molecule has 0 saturated heterocycles. The molecule has 5 heteroatoms. The van der Waals surface area contributed by atoms with E-state index in [4.69, 9.17) is 10.3 Å². The zero-order valence-corrected chi connectivity index (χ0v) is 13.0. The fourth-order valence-corrected chi connectivity index (χ4v) is 2.48. The van der Waals surface area contributed by atoms with Gasteiger partial charge in [-0.25, -0.2) is 0 Å². The molecule has 1 aromatic heterocycles. The van der Waals surface area contributed by atoms with Crippen molar-refractivity contribution in [2.24, 2.45) is 5.73 Å². The number of nitrogens with zero attached hydrogens (tertiary/aromatic N) is 2. The molecule has 0 amide bonds. The maximum absolute atomic E-state index is 6.07. The third-order valence-corrected chi connectivity index (χ3v) is 4.09. The van der Waals surface area contributed by atoms with Crippen molar-refractivity contribution in [3.05, 3.63) is 47.6 Å². The van der Waals surface area contributed by atoms with Crippen molar-refractivity contribution in [3.8, 4) is 0 Å². The third-order valence-electron chi connectivity index (χ3n) is 3.45. The van der Waals surface area contributed by atoms with Crippen molar-refractivity contribution in [3.63, 3.8) is 0 Å². The second kappa shape index (κ2) is 6.41. The molecule has 1 aromatic carbocycles. The SMILES string of the molecule is CSCC[C@@H](N)c1nc(C(C)(C)c2ccccc2)no1. The summed E-state index contributed by atoms with van der Waals surface area (Å²) < 4.78 is 5.34. The molecule has 4 nitrogen and oxygen atoms in total. The highest BCUT2D eigenvalue weighted by Crippen LogP contribution is 2.29. The first-order valence-corrected chi connectivity index (χ1v) is 8.09. The fraction of sp³-hybridized carbons (Fsp3) is 0.467. The minimum Gasteiger partial charge on any atom is -0.338 e. The zero-order valence-electron chi connectivity index (χ0n) is 12.2. The van der Waals surface area contributed by atoms with E-state index >= 15 is 0 Å². The molecule has 0 radical (unpaired) electrons. The van der Waals surface area contributed by atoms with Gasteiger partial charge in [0, 0.05) is 0 Å². The van der Waals surface area contributed by atoms with Gasteiger partial charge in [-0.15, -0.1) is 0 Å². The highest BCUT2D eigenvalue weighted by molar-refractivity contribution is 7.98. The Morgan fingerprint density at radius 3 is 2.65 bits per heavy atom. The van der Waals surface area contributed by atoms with Crippen LogP contribution >= 0.6 is 11.8 Å². The Balaban J connectivity index is 2.19. The number of hydrogen-bond acceptors (Lipinski definition) is 5. The molecular formula is C15H21N3OS. The molecule has 0 bridgehead atoms. The Hall–Kier alpha value is -1.33. The smallest absolute Gasteiger partial charge is 0.243 e. The van der Waals surface area contributed by atoms with E-state index in [2.05, 4.69) is 42.4 Å². The van der Waals surface area contributed by atoms with Crippen LogP contribution < -0.4 is 5.73 Å². The molecule has 108 valence electrons. The van der Waals surface area contributed by atoms with Crippen LogP contribution in [-0.2, 0) is 5.41 Å². The Labute approximate surface area is 124 Å². The number of hydrogen-bond donors (Lipinski definition) is 1. The van der Waals surface area contributed by atoms with Gasteiger partial charge in [0.25, 0.3) is 0 Å². The average molecular weight is 291 g/mol. The van der Waals surface area contributed by atoms with Crippen molar-refractivity contribution < 1.29 is 4.52 Å². The molecule has 0 aliphatic rings. The summed E-state index contributed by atoms with van der Waals surface area (Å²) in [5.74, 6) is 2.19. The summed E-state index contributed by atoms with van der Waals surface area (Å²) in [5.41, 5.74) is 6.93. The molecule has 0 saturated carbocycles. The van der Waals surface area contributed by atoms with E-state index in [-0.39, 0.29) is 11.5 Å². The van der Waals surface area contributed by atoms with Crippen LogP contribution in [-0.4, -0.2) is 22.1 Å². The van der Waals surface area contributed by atoms with Gasteiger partial charge in [0.15, 0.2) is 5.82 Å². The molecular weight excluding hydrogens is 270 g/mol. The first-order chi connectivity index (χ1) is 9.55. The Kier molecular flexibility index (Phi) is 4.83. The van der Waals surface area contributed by atoms with Crippen LogP contribution in [0.1, 0.15) is 43.6 Å². The van der Waals surface area contributed by atoms with Gasteiger partial charge in [0.1, 0.15) is 0 Å². The Morgan fingerprint density at radius 2 is 2.00 bits per heavy atom. The topological polar surface area (TPSA) is 64.9 Å². The summed E-state index contributed by atoms with van der Waals surface area (Å²) in [6, 6.07) is 9.99. The molecule has 2 N–H and O–H groups in total. The quantitative estimate of drug-likeness (QED) is 0.885. The van der Waals surface area contributed by atoms with Crippen molar-refractivity contribution in [2.45, 2.75) is 31.7 Å². The van der Waals surface area contributed by atoms with Crippen LogP contribution in [0.2, 0.25) is 0 Å². The second-order valence-electron chi connectivity index (χ2n) is 5.34. The van der Waals surface area contributed by atoms with Crippen molar-refractivity contribution in [1.82, 2.24) is 10.1 Å². The lowest BCUT2D eigenvalue weighted by atomic mass is 9.84. The van der Waals surface area contributed by atoms with Gasteiger partial charge in [-0.1, -0.05) is 35.5 Å². The van der Waals surface area contributed by atoms with Gasteiger partial charge in [0.05, 0.1) is 11.5 Å². The Morgan fingerprint density at radius 1 is 1.30 bits per heavy atom. The summed E-state index contributed by atoms with van der Waals surface area (Å²) in [5, 5.41) is 4.12. The van der Waals surface area contributed by atoms with E-state index in [1.54, 1.807) is 11.8 Å². The second-order valence-corrected chi connectivity index (χ2v) is 6.32. The number of aromatic nitrogens is 2. The van der Waals surface area contributed by atoms with E-state index in [1.807, 2.05) is 18.2 Å². The number of thioether (sulfide) groups is 1. The minimum atomic E-state index is -0.289. The standard InChI is InChI=1S/C15H21N3OS/c1-15(2,11-7-5-4-6-8-11)14-17-13(19-18-14)12(16)9-10-20-3/h4-8,12H,9-10,16H2,1-3H3/t12-/m1/s1. The lowest BCUT2D eigenvalue weighted by molar-refractivity contribution is 0.344. The summed E-state index contributed by atoms with van der Waals surface area (Å²) in [6.07, 6.45) is 2.90. The largest absolute Gasteiger partial charge is 0.338 e. The van der Waals surface area contributed by atoms with E-state index in [9.17, 15) is 0 Å². The maximum Gasteiger partial charge on any atom is 0.243 e. The average Bonchev–Trinajstić information content (AvgIpc) is 2.96. The molecule has 1 heterocycles. The number of nitrogens with two attached hydrogens (primary N) is 1. The first kappa shape index (κ1) is 15.1. The molecule has 0 fully saturated rings. The Bertz CT molecular complexity index is 539. The van der Waals surface area contributed by atoms with Crippen molar-refractivity contribution in [2.75, 3.05) is 12.0 Å². The summed E-state index contributed by atoms with van der Waals surface area (Å²) in [6.45, 7) is 4.18. The fourth-order valence-electron chi connectivity index (χ4n) is 1.99.